The SMILES string of the molecule is CNc1ncc(F)c(N2CCC(CO)C2)n1. The molecule has 2 heterocycles. The first-order chi connectivity index (χ1) is 7.74. The number of aromatic nitrogens is 2. The van der Waals surface area contributed by atoms with Crippen molar-refractivity contribution in [1.82, 2.24) is 9.97 Å². The molecule has 1 atom stereocenters. The molecule has 1 aromatic heterocycles. The molecule has 0 spiro atoms. The van der Waals surface area contributed by atoms with E-state index < -0.39 is 5.82 Å². The Morgan fingerprint density at radius 1 is 1.69 bits per heavy atom. The van der Waals surface area contributed by atoms with Gasteiger partial charge in [0.2, 0.25) is 5.95 Å². The minimum absolute atomic E-state index is 0.141. The molecule has 88 valence electrons. The minimum atomic E-state index is -0.419. The van der Waals surface area contributed by atoms with Crippen molar-refractivity contribution in [2.75, 3.05) is 37.0 Å². The first kappa shape index (κ1) is 11.1. The van der Waals surface area contributed by atoms with Crippen LogP contribution in [0.2, 0.25) is 0 Å². The average molecular weight is 226 g/mol. The zero-order valence-corrected chi connectivity index (χ0v) is 9.15. The lowest BCUT2D eigenvalue weighted by Gasteiger charge is -2.18. The van der Waals surface area contributed by atoms with Crippen LogP contribution in [0, 0.1) is 11.7 Å². The Labute approximate surface area is 93.3 Å². The third-order valence-corrected chi connectivity index (χ3v) is 2.79. The molecule has 0 radical (unpaired) electrons. The van der Waals surface area contributed by atoms with Gasteiger partial charge in [-0.3, -0.25) is 0 Å². The average Bonchev–Trinajstić information content (AvgIpc) is 2.78. The van der Waals surface area contributed by atoms with E-state index in [4.69, 9.17) is 5.11 Å². The van der Waals surface area contributed by atoms with Crippen molar-refractivity contribution < 1.29 is 9.50 Å². The molecule has 0 aliphatic carbocycles. The Hall–Kier alpha value is -1.43. The van der Waals surface area contributed by atoms with Crippen molar-refractivity contribution in [3.63, 3.8) is 0 Å². The summed E-state index contributed by atoms with van der Waals surface area (Å²) in [4.78, 5) is 9.73. The Morgan fingerprint density at radius 3 is 3.12 bits per heavy atom. The van der Waals surface area contributed by atoms with Gasteiger partial charge in [0.05, 0.1) is 6.20 Å². The van der Waals surface area contributed by atoms with Gasteiger partial charge < -0.3 is 15.3 Å². The Kier molecular flexibility index (Phi) is 3.19. The maximum absolute atomic E-state index is 13.5. The van der Waals surface area contributed by atoms with Crippen LogP contribution in [0.4, 0.5) is 16.2 Å². The van der Waals surface area contributed by atoms with E-state index in [1.807, 2.05) is 4.90 Å². The van der Waals surface area contributed by atoms with Gasteiger partial charge in [-0.1, -0.05) is 0 Å². The predicted molar refractivity (Wildman–Crippen MR) is 58.9 cm³/mol. The van der Waals surface area contributed by atoms with Gasteiger partial charge in [0.25, 0.3) is 0 Å². The highest BCUT2D eigenvalue weighted by atomic mass is 19.1. The van der Waals surface area contributed by atoms with Crippen molar-refractivity contribution in [2.45, 2.75) is 6.42 Å². The summed E-state index contributed by atoms with van der Waals surface area (Å²) in [5, 5.41) is 11.8. The molecule has 1 unspecified atom stereocenters. The second-order valence-electron chi connectivity index (χ2n) is 3.90. The van der Waals surface area contributed by atoms with Crippen LogP contribution in [0.1, 0.15) is 6.42 Å². The van der Waals surface area contributed by atoms with Crippen LogP contribution >= 0.6 is 0 Å². The fourth-order valence-corrected chi connectivity index (χ4v) is 1.87. The van der Waals surface area contributed by atoms with Crippen molar-refractivity contribution in [3.8, 4) is 0 Å². The normalized spacial score (nSPS) is 20.2. The topological polar surface area (TPSA) is 61.3 Å². The summed E-state index contributed by atoms with van der Waals surface area (Å²) >= 11 is 0. The number of halogens is 1. The second-order valence-corrected chi connectivity index (χ2v) is 3.90. The van der Waals surface area contributed by atoms with Gasteiger partial charge in [0.15, 0.2) is 11.6 Å². The molecule has 1 aliphatic rings. The van der Waals surface area contributed by atoms with E-state index in [0.717, 1.165) is 13.0 Å². The molecule has 1 aliphatic heterocycles. The highest BCUT2D eigenvalue weighted by molar-refractivity contribution is 5.44. The maximum Gasteiger partial charge on any atom is 0.224 e. The Morgan fingerprint density at radius 2 is 2.50 bits per heavy atom. The van der Waals surface area contributed by atoms with E-state index >= 15 is 0 Å². The van der Waals surface area contributed by atoms with Gasteiger partial charge in [-0.05, 0) is 6.42 Å². The van der Waals surface area contributed by atoms with Gasteiger partial charge in [-0.25, -0.2) is 9.37 Å². The highest BCUT2D eigenvalue weighted by Crippen LogP contribution is 2.24. The predicted octanol–water partition coefficient (Wildman–Crippen LogP) is 0.476. The van der Waals surface area contributed by atoms with E-state index in [9.17, 15) is 4.39 Å². The Bertz CT molecular complexity index is 374. The summed E-state index contributed by atoms with van der Waals surface area (Å²) in [5.41, 5.74) is 0. The standard InChI is InChI=1S/C10H15FN4O/c1-12-10-13-4-8(11)9(14-10)15-3-2-7(5-15)6-16/h4,7,16H,2-3,5-6H2,1H3,(H,12,13,14). The summed E-state index contributed by atoms with van der Waals surface area (Å²) < 4.78 is 13.5. The van der Waals surface area contributed by atoms with Crippen molar-refractivity contribution in [1.29, 1.82) is 0 Å². The molecule has 0 amide bonds. The quantitative estimate of drug-likeness (QED) is 0.784. The molecule has 6 heteroatoms. The van der Waals surface area contributed by atoms with E-state index in [0.29, 0.717) is 18.3 Å². The fourth-order valence-electron chi connectivity index (χ4n) is 1.87. The largest absolute Gasteiger partial charge is 0.396 e. The summed E-state index contributed by atoms with van der Waals surface area (Å²) in [6.45, 7) is 1.51. The molecule has 2 rings (SSSR count). The molecule has 2 N–H and O–H groups in total. The van der Waals surface area contributed by atoms with E-state index in [-0.39, 0.29) is 12.5 Å². The molecule has 1 fully saturated rings. The zero-order chi connectivity index (χ0) is 11.5. The lowest BCUT2D eigenvalue weighted by Crippen LogP contribution is -2.23. The third-order valence-electron chi connectivity index (χ3n) is 2.79. The van der Waals surface area contributed by atoms with Crippen LogP contribution < -0.4 is 10.2 Å². The molecule has 5 nitrogen and oxygen atoms in total. The van der Waals surface area contributed by atoms with Crippen LogP contribution in [0.3, 0.4) is 0 Å². The smallest absolute Gasteiger partial charge is 0.224 e. The molecular weight excluding hydrogens is 211 g/mol. The molecular formula is C10H15FN4O. The van der Waals surface area contributed by atoms with Crippen molar-refractivity contribution >= 4 is 11.8 Å². The van der Waals surface area contributed by atoms with Crippen LogP contribution in [-0.4, -0.2) is 41.8 Å². The first-order valence-electron chi connectivity index (χ1n) is 5.30. The van der Waals surface area contributed by atoms with Crippen molar-refractivity contribution in [2.24, 2.45) is 5.92 Å². The third kappa shape index (κ3) is 2.06. The highest BCUT2D eigenvalue weighted by Gasteiger charge is 2.25. The van der Waals surface area contributed by atoms with Crippen LogP contribution in [0.25, 0.3) is 0 Å². The van der Waals surface area contributed by atoms with E-state index in [2.05, 4.69) is 15.3 Å². The Balaban J connectivity index is 2.20. The number of anilines is 2. The second kappa shape index (κ2) is 4.61. The summed E-state index contributed by atoms with van der Waals surface area (Å²) in [6.07, 6.45) is 2.04. The van der Waals surface area contributed by atoms with Crippen molar-refractivity contribution in [3.05, 3.63) is 12.0 Å². The molecule has 1 saturated heterocycles. The summed E-state index contributed by atoms with van der Waals surface area (Å²) in [5.74, 6) is 0.518. The van der Waals surface area contributed by atoms with Gasteiger partial charge in [0, 0.05) is 32.7 Å². The minimum Gasteiger partial charge on any atom is -0.396 e. The molecule has 0 bridgehead atoms. The first-order valence-corrected chi connectivity index (χ1v) is 5.30. The van der Waals surface area contributed by atoms with Crippen LogP contribution in [0.15, 0.2) is 6.20 Å². The van der Waals surface area contributed by atoms with E-state index in [1.165, 1.54) is 6.20 Å². The number of nitrogens with one attached hydrogen (secondary N) is 1. The summed E-state index contributed by atoms with van der Waals surface area (Å²) in [7, 11) is 1.69. The monoisotopic (exact) mass is 226 g/mol. The maximum atomic E-state index is 13.5. The van der Waals surface area contributed by atoms with Crippen LogP contribution in [-0.2, 0) is 0 Å². The van der Waals surface area contributed by atoms with Gasteiger partial charge >= 0.3 is 0 Å². The van der Waals surface area contributed by atoms with Gasteiger partial charge in [-0.15, -0.1) is 0 Å². The molecule has 0 aromatic carbocycles. The number of aliphatic hydroxyl groups is 1. The zero-order valence-electron chi connectivity index (χ0n) is 9.15. The van der Waals surface area contributed by atoms with Crippen LogP contribution in [0.5, 0.6) is 0 Å². The molecule has 0 saturated carbocycles. The number of nitrogens with zero attached hydrogens (tertiary/aromatic N) is 3. The number of rotatable bonds is 3. The van der Waals surface area contributed by atoms with E-state index in [1.54, 1.807) is 7.05 Å². The molecule has 1 aromatic rings. The number of aliphatic hydroxyl groups excluding tert-OH is 1. The fraction of sp³-hybridized carbons (Fsp3) is 0.600. The lowest BCUT2D eigenvalue weighted by atomic mass is 10.1. The van der Waals surface area contributed by atoms with Gasteiger partial charge in [0.1, 0.15) is 0 Å². The molecule has 16 heavy (non-hydrogen) atoms. The van der Waals surface area contributed by atoms with Gasteiger partial charge in [-0.2, -0.15) is 4.98 Å². The number of hydrogen-bond donors (Lipinski definition) is 2. The number of hydrogen-bond acceptors (Lipinski definition) is 5. The lowest BCUT2D eigenvalue weighted by molar-refractivity contribution is 0.238. The summed E-state index contributed by atoms with van der Waals surface area (Å²) in [6, 6.07) is 0.